The predicted molar refractivity (Wildman–Crippen MR) is 76.7 cm³/mol. The SMILES string of the molecule is CCc1c[c-]ccc1.[CH2-]N(CC)CC(C)(C)C.[Y]. The standard InChI is InChI=1S/C8H18N.C8H9.Y/c1-6-9(5)7-8(2,3)4;1-2-8-6-4-3-5-7-8;/h5-7H2,1-4H3;3-4,6-7H,2H2,1H3;/q2*-1;. The summed E-state index contributed by atoms with van der Waals surface area (Å²) in [6.07, 6.45) is 1.11. The molecule has 2 heteroatoms. The molecule has 0 saturated carbocycles. The number of benzene rings is 1. The number of hydrogen-bond donors (Lipinski definition) is 0. The number of rotatable bonds is 3. The van der Waals surface area contributed by atoms with Crippen LogP contribution in [-0.4, -0.2) is 18.0 Å². The van der Waals surface area contributed by atoms with Crippen LogP contribution in [0.2, 0.25) is 0 Å². The van der Waals surface area contributed by atoms with E-state index in [2.05, 4.69) is 58.7 Å². The fourth-order valence-electron chi connectivity index (χ4n) is 1.43. The molecule has 0 fully saturated rings. The van der Waals surface area contributed by atoms with E-state index in [0.29, 0.717) is 5.41 Å². The summed E-state index contributed by atoms with van der Waals surface area (Å²) in [4.78, 5) is 2.08. The van der Waals surface area contributed by atoms with Crippen molar-refractivity contribution in [2.75, 3.05) is 13.1 Å². The van der Waals surface area contributed by atoms with Crippen molar-refractivity contribution in [1.82, 2.24) is 4.90 Å². The van der Waals surface area contributed by atoms with Crippen molar-refractivity contribution in [3.8, 4) is 0 Å². The molecule has 0 spiro atoms. The Morgan fingerprint density at radius 2 is 1.89 bits per heavy atom. The van der Waals surface area contributed by atoms with Gasteiger partial charge in [0, 0.05) is 32.7 Å². The first-order chi connectivity index (χ1) is 7.89. The van der Waals surface area contributed by atoms with Crippen molar-refractivity contribution >= 4 is 0 Å². The third-order valence-electron chi connectivity index (χ3n) is 2.32. The smallest absolute Gasteiger partial charge is 0 e. The zero-order chi connectivity index (χ0) is 13.3. The van der Waals surface area contributed by atoms with Gasteiger partial charge in [0.2, 0.25) is 0 Å². The van der Waals surface area contributed by atoms with Crippen LogP contribution in [0.15, 0.2) is 24.3 Å². The Morgan fingerprint density at radius 1 is 1.28 bits per heavy atom. The Balaban J connectivity index is 0. The molecule has 1 nitrogen and oxygen atoms in total. The maximum absolute atomic E-state index is 3.88. The van der Waals surface area contributed by atoms with Crippen molar-refractivity contribution in [2.45, 2.75) is 41.0 Å². The van der Waals surface area contributed by atoms with Gasteiger partial charge in [0.05, 0.1) is 0 Å². The molecule has 0 bridgehead atoms. The van der Waals surface area contributed by atoms with E-state index in [9.17, 15) is 0 Å². The minimum absolute atomic E-state index is 0. The molecular weight excluding hydrogens is 295 g/mol. The first kappa shape index (κ1) is 20.6. The Hall–Kier alpha value is 0.284. The van der Waals surface area contributed by atoms with Crippen LogP contribution in [0, 0.1) is 18.5 Å². The molecule has 0 aliphatic rings. The topological polar surface area (TPSA) is 3.24 Å². The van der Waals surface area contributed by atoms with E-state index in [1.54, 1.807) is 0 Å². The molecule has 101 valence electrons. The fraction of sp³-hybridized carbons (Fsp3) is 0.562. The molecule has 0 N–H and O–H groups in total. The van der Waals surface area contributed by atoms with Gasteiger partial charge in [-0.3, -0.25) is 7.05 Å². The van der Waals surface area contributed by atoms with Crippen LogP contribution in [-0.2, 0) is 39.1 Å². The summed E-state index contributed by atoms with van der Waals surface area (Å²) in [6.45, 7) is 13.0. The maximum atomic E-state index is 3.88. The van der Waals surface area contributed by atoms with Crippen LogP contribution in [0.25, 0.3) is 0 Å². The summed E-state index contributed by atoms with van der Waals surface area (Å²) in [5, 5.41) is 0. The van der Waals surface area contributed by atoms with E-state index in [-0.39, 0.29) is 32.7 Å². The van der Waals surface area contributed by atoms with Gasteiger partial charge in [-0.15, -0.1) is 0 Å². The Labute approximate surface area is 139 Å². The van der Waals surface area contributed by atoms with Crippen molar-refractivity contribution in [3.63, 3.8) is 0 Å². The second-order valence-corrected chi connectivity index (χ2v) is 5.47. The first-order valence-corrected chi connectivity index (χ1v) is 6.39. The van der Waals surface area contributed by atoms with Gasteiger partial charge < -0.3 is 4.90 Å². The van der Waals surface area contributed by atoms with Crippen molar-refractivity contribution in [3.05, 3.63) is 42.9 Å². The summed E-state index contributed by atoms with van der Waals surface area (Å²) in [7, 11) is 3.88. The zero-order valence-corrected chi connectivity index (χ0v) is 15.5. The van der Waals surface area contributed by atoms with Crippen LogP contribution in [0.3, 0.4) is 0 Å². The number of nitrogens with zero attached hydrogens (tertiary/aromatic N) is 1. The molecule has 1 aromatic carbocycles. The Morgan fingerprint density at radius 3 is 2.11 bits per heavy atom. The van der Waals surface area contributed by atoms with Crippen molar-refractivity contribution in [1.29, 1.82) is 0 Å². The summed E-state index contributed by atoms with van der Waals surface area (Å²) < 4.78 is 0. The minimum atomic E-state index is 0. The van der Waals surface area contributed by atoms with Gasteiger partial charge in [-0.25, -0.2) is 0 Å². The van der Waals surface area contributed by atoms with Crippen LogP contribution in [0.5, 0.6) is 0 Å². The third-order valence-corrected chi connectivity index (χ3v) is 2.32. The molecule has 1 radical (unpaired) electrons. The van der Waals surface area contributed by atoms with Gasteiger partial charge in [0.15, 0.2) is 0 Å². The molecule has 18 heavy (non-hydrogen) atoms. The van der Waals surface area contributed by atoms with E-state index < -0.39 is 0 Å². The molecule has 0 unspecified atom stereocenters. The minimum Gasteiger partial charge on any atom is -0.459 e. The van der Waals surface area contributed by atoms with Gasteiger partial charge in [0.25, 0.3) is 0 Å². The first-order valence-electron chi connectivity index (χ1n) is 6.39. The molecule has 0 amide bonds. The van der Waals surface area contributed by atoms with Crippen LogP contribution >= 0.6 is 0 Å². The van der Waals surface area contributed by atoms with Crippen LogP contribution < -0.4 is 0 Å². The molecule has 1 aromatic rings. The largest absolute Gasteiger partial charge is 0.459 e. The quantitative estimate of drug-likeness (QED) is 0.754. The van der Waals surface area contributed by atoms with E-state index in [1.165, 1.54) is 5.56 Å². The average molecular weight is 322 g/mol. The third kappa shape index (κ3) is 12.7. The van der Waals surface area contributed by atoms with Crippen molar-refractivity contribution in [2.24, 2.45) is 5.41 Å². The summed E-state index contributed by atoms with van der Waals surface area (Å²) in [5.74, 6) is 0. The monoisotopic (exact) mass is 322 g/mol. The molecule has 0 saturated heterocycles. The van der Waals surface area contributed by atoms with Crippen LogP contribution in [0.1, 0.15) is 40.2 Å². The van der Waals surface area contributed by atoms with E-state index in [0.717, 1.165) is 19.5 Å². The van der Waals surface area contributed by atoms with Crippen LogP contribution in [0.4, 0.5) is 0 Å². The second kappa shape index (κ2) is 11.1. The van der Waals surface area contributed by atoms with Gasteiger partial charge >= 0.3 is 0 Å². The van der Waals surface area contributed by atoms with E-state index in [1.807, 2.05) is 18.2 Å². The van der Waals surface area contributed by atoms with E-state index in [4.69, 9.17) is 0 Å². The molecule has 0 aliphatic heterocycles. The summed E-state index contributed by atoms with van der Waals surface area (Å²) in [6, 6.07) is 11.1. The van der Waals surface area contributed by atoms with Gasteiger partial charge in [-0.1, -0.05) is 41.0 Å². The van der Waals surface area contributed by atoms with E-state index >= 15 is 0 Å². The summed E-state index contributed by atoms with van der Waals surface area (Å²) in [5.41, 5.74) is 1.74. The van der Waals surface area contributed by atoms with Gasteiger partial charge in [0.1, 0.15) is 0 Å². The molecule has 1 rings (SSSR count). The molecule has 0 aromatic heterocycles. The van der Waals surface area contributed by atoms with Gasteiger partial charge in [-0.2, -0.15) is 35.9 Å². The molecule has 0 heterocycles. The molecule has 0 aliphatic carbocycles. The summed E-state index contributed by atoms with van der Waals surface area (Å²) >= 11 is 0. The van der Waals surface area contributed by atoms with Gasteiger partial charge in [-0.05, 0) is 18.5 Å². The predicted octanol–water partition coefficient (Wildman–Crippen LogP) is 4.19. The average Bonchev–Trinajstić information content (AvgIpc) is 2.28. The Kier molecular flexibility index (Phi) is 12.7. The second-order valence-electron chi connectivity index (χ2n) is 5.47. The van der Waals surface area contributed by atoms with Crippen molar-refractivity contribution < 1.29 is 32.7 Å². The zero-order valence-electron chi connectivity index (χ0n) is 12.7. The maximum Gasteiger partial charge on any atom is 0 e. The normalized spacial score (nSPS) is 10.4. The molecule has 0 atom stereocenters. The molecular formula is C16H27NY-2. The number of aryl methyl sites for hydroxylation is 1. The fourth-order valence-corrected chi connectivity index (χ4v) is 1.43. The Bertz CT molecular complexity index is 277. The number of hydrogen-bond acceptors (Lipinski definition) is 1.